The predicted octanol–water partition coefficient (Wildman–Crippen LogP) is 2.42. The van der Waals surface area contributed by atoms with Crippen LogP contribution in [-0.2, 0) is 14.6 Å². The highest BCUT2D eigenvalue weighted by Crippen LogP contribution is 2.19. The van der Waals surface area contributed by atoms with E-state index in [-0.39, 0.29) is 16.8 Å². The summed E-state index contributed by atoms with van der Waals surface area (Å²) in [5.41, 5.74) is 2.52. The summed E-state index contributed by atoms with van der Waals surface area (Å²) >= 11 is 0. The van der Waals surface area contributed by atoms with Crippen LogP contribution in [0.5, 0.6) is 0 Å². The molecule has 144 valence electrons. The molecule has 1 saturated heterocycles. The van der Waals surface area contributed by atoms with E-state index in [2.05, 4.69) is 10.2 Å². The van der Waals surface area contributed by atoms with Crippen LogP contribution in [0.4, 0.5) is 5.69 Å². The minimum atomic E-state index is -3.22. The van der Waals surface area contributed by atoms with E-state index in [4.69, 9.17) is 4.74 Å². The molecule has 1 aliphatic rings. The third kappa shape index (κ3) is 4.87. The molecule has 0 radical (unpaired) electrons. The minimum Gasteiger partial charge on any atom is -0.378 e. The first-order chi connectivity index (χ1) is 12.8. The second kappa shape index (κ2) is 8.10. The molecule has 3 rings (SSSR count). The van der Waals surface area contributed by atoms with E-state index in [0.717, 1.165) is 37.6 Å². The second-order valence-corrected chi connectivity index (χ2v) is 8.70. The Morgan fingerprint density at radius 3 is 2.19 bits per heavy atom. The number of morpholine rings is 1. The van der Waals surface area contributed by atoms with Crippen molar-refractivity contribution in [2.75, 3.05) is 37.5 Å². The Labute approximate surface area is 160 Å². The molecule has 1 aliphatic heterocycles. The summed E-state index contributed by atoms with van der Waals surface area (Å²) in [5, 5.41) is 2.95. The molecule has 1 fully saturated rings. The molecular formula is C20H24N2O4S. The molecule has 1 heterocycles. The molecule has 0 bridgehead atoms. The average molecular weight is 388 g/mol. The zero-order valence-corrected chi connectivity index (χ0v) is 16.3. The SMILES string of the molecule is C[C@@H](NC(=O)c1ccc(N2CCOCC2)cc1)c1ccc(S(C)(=O)=O)cc1. The van der Waals surface area contributed by atoms with Gasteiger partial charge in [0, 0.05) is 30.6 Å². The Hall–Kier alpha value is -2.38. The summed E-state index contributed by atoms with van der Waals surface area (Å²) in [6.45, 7) is 5.02. The van der Waals surface area contributed by atoms with Crippen LogP contribution in [-0.4, -0.2) is 46.9 Å². The van der Waals surface area contributed by atoms with Crippen molar-refractivity contribution >= 4 is 21.4 Å². The first-order valence-electron chi connectivity index (χ1n) is 8.88. The van der Waals surface area contributed by atoms with E-state index in [1.807, 2.05) is 31.2 Å². The van der Waals surface area contributed by atoms with E-state index in [0.29, 0.717) is 5.56 Å². The maximum atomic E-state index is 12.5. The first-order valence-corrected chi connectivity index (χ1v) is 10.8. The normalized spacial score (nSPS) is 16.0. The number of hydrogen-bond donors (Lipinski definition) is 1. The predicted molar refractivity (Wildman–Crippen MR) is 105 cm³/mol. The summed E-state index contributed by atoms with van der Waals surface area (Å²) < 4.78 is 28.4. The lowest BCUT2D eigenvalue weighted by molar-refractivity contribution is 0.0939. The van der Waals surface area contributed by atoms with Gasteiger partial charge < -0.3 is 15.0 Å². The minimum absolute atomic E-state index is 0.164. The molecule has 6 nitrogen and oxygen atoms in total. The molecule has 7 heteroatoms. The highest BCUT2D eigenvalue weighted by Gasteiger charge is 2.15. The zero-order chi connectivity index (χ0) is 19.4. The van der Waals surface area contributed by atoms with Crippen LogP contribution in [0.25, 0.3) is 0 Å². The average Bonchev–Trinajstić information content (AvgIpc) is 2.68. The Bertz CT molecular complexity index is 887. The third-order valence-electron chi connectivity index (χ3n) is 4.66. The summed E-state index contributed by atoms with van der Waals surface area (Å²) in [6, 6.07) is 13.9. The van der Waals surface area contributed by atoms with Crippen LogP contribution in [0.15, 0.2) is 53.4 Å². The molecular weight excluding hydrogens is 364 g/mol. The Morgan fingerprint density at radius 2 is 1.63 bits per heavy atom. The van der Waals surface area contributed by atoms with E-state index >= 15 is 0 Å². The van der Waals surface area contributed by atoms with E-state index < -0.39 is 9.84 Å². The molecule has 1 N–H and O–H groups in total. The van der Waals surface area contributed by atoms with Crippen molar-refractivity contribution in [3.05, 3.63) is 59.7 Å². The van der Waals surface area contributed by atoms with Gasteiger partial charge in [0.25, 0.3) is 5.91 Å². The number of anilines is 1. The fourth-order valence-electron chi connectivity index (χ4n) is 3.01. The van der Waals surface area contributed by atoms with Gasteiger partial charge in [-0.15, -0.1) is 0 Å². The van der Waals surface area contributed by atoms with Crippen molar-refractivity contribution in [1.82, 2.24) is 5.32 Å². The number of sulfone groups is 1. The molecule has 1 atom stereocenters. The zero-order valence-electron chi connectivity index (χ0n) is 15.5. The van der Waals surface area contributed by atoms with Gasteiger partial charge in [-0.05, 0) is 48.9 Å². The van der Waals surface area contributed by atoms with Crippen LogP contribution in [0, 0.1) is 0 Å². The largest absolute Gasteiger partial charge is 0.378 e. The Morgan fingerprint density at radius 1 is 1.04 bits per heavy atom. The van der Waals surface area contributed by atoms with Crippen molar-refractivity contribution < 1.29 is 17.9 Å². The number of ether oxygens (including phenoxy) is 1. The van der Waals surface area contributed by atoms with Gasteiger partial charge in [0.1, 0.15) is 0 Å². The van der Waals surface area contributed by atoms with Gasteiger partial charge >= 0.3 is 0 Å². The van der Waals surface area contributed by atoms with Crippen molar-refractivity contribution in [3.8, 4) is 0 Å². The molecule has 0 aromatic heterocycles. The lowest BCUT2D eigenvalue weighted by atomic mass is 10.1. The molecule has 0 unspecified atom stereocenters. The Kier molecular flexibility index (Phi) is 5.82. The standard InChI is InChI=1S/C20H24N2O4S/c1-15(16-5-9-19(10-6-16)27(2,24)25)21-20(23)17-3-7-18(8-4-17)22-11-13-26-14-12-22/h3-10,15H,11-14H2,1-2H3,(H,21,23)/t15-/m1/s1. The molecule has 2 aromatic carbocycles. The lowest BCUT2D eigenvalue weighted by Crippen LogP contribution is -2.36. The van der Waals surface area contributed by atoms with Crippen LogP contribution in [0.2, 0.25) is 0 Å². The second-order valence-electron chi connectivity index (χ2n) is 6.68. The van der Waals surface area contributed by atoms with Gasteiger partial charge in [0.15, 0.2) is 9.84 Å². The lowest BCUT2D eigenvalue weighted by Gasteiger charge is -2.28. The van der Waals surface area contributed by atoms with Crippen molar-refractivity contribution in [2.24, 2.45) is 0 Å². The molecule has 0 aliphatic carbocycles. The van der Waals surface area contributed by atoms with Crippen LogP contribution in [0.3, 0.4) is 0 Å². The molecule has 2 aromatic rings. The number of hydrogen-bond acceptors (Lipinski definition) is 5. The number of benzene rings is 2. The van der Waals surface area contributed by atoms with E-state index in [1.165, 1.54) is 6.26 Å². The molecule has 0 spiro atoms. The highest BCUT2D eigenvalue weighted by molar-refractivity contribution is 7.90. The first kappa shape index (κ1) is 19.4. The maximum absolute atomic E-state index is 12.5. The fraction of sp³-hybridized carbons (Fsp3) is 0.350. The van der Waals surface area contributed by atoms with Gasteiger partial charge in [-0.3, -0.25) is 4.79 Å². The molecule has 0 saturated carbocycles. The summed E-state index contributed by atoms with van der Waals surface area (Å²) in [7, 11) is -3.22. The van der Waals surface area contributed by atoms with Crippen LogP contribution < -0.4 is 10.2 Å². The third-order valence-corrected chi connectivity index (χ3v) is 5.79. The number of rotatable bonds is 5. The van der Waals surface area contributed by atoms with Crippen LogP contribution >= 0.6 is 0 Å². The van der Waals surface area contributed by atoms with Crippen molar-refractivity contribution in [3.63, 3.8) is 0 Å². The maximum Gasteiger partial charge on any atom is 0.251 e. The monoisotopic (exact) mass is 388 g/mol. The number of nitrogens with one attached hydrogen (secondary N) is 1. The van der Waals surface area contributed by atoms with Gasteiger partial charge in [-0.2, -0.15) is 0 Å². The molecule has 1 amide bonds. The van der Waals surface area contributed by atoms with E-state index in [9.17, 15) is 13.2 Å². The van der Waals surface area contributed by atoms with E-state index in [1.54, 1.807) is 24.3 Å². The van der Waals surface area contributed by atoms with Gasteiger partial charge in [0.2, 0.25) is 0 Å². The van der Waals surface area contributed by atoms with Crippen molar-refractivity contribution in [2.45, 2.75) is 17.9 Å². The number of carbonyl (C=O) groups is 1. The number of amides is 1. The van der Waals surface area contributed by atoms with Gasteiger partial charge in [0.05, 0.1) is 24.2 Å². The van der Waals surface area contributed by atoms with Gasteiger partial charge in [-0.1, -0.05) is 12.1 Å². The highest BCUT2D eigenvalue weighted by atomic mass is 32.2. The quantitative estimate of drug-likeness (QED) is 0.851. The van der Waals surface area contributed by atoms with Crippen LogP contribution in [0.1, 0.15) is 28.9 Å². The topological polar surface area (TPSA) is 75.7 Å². The number of nitrogens with zero attached hydrogens (tertiary/aromatic N) is 1. The summed E-state index contributed by atoms with van der Waals surface area (Å²) in [6.07, 6.45) is 1.17. The Balaban J connectivity index is 1.64. The summed E-state index contributed by atoms with van der Waals surface area (Å²) in [4.78, 5) is 15.0. The molecule has 27 heavy (non-hydrogen) atoms. The van der Waals surface area contributed by atoms with Gasteiger partial charge in [-0.25, -0.2) is 8.42 Å². The smallest absolute Gasteiger partial charge is 0.251 e. The number of carbonyl (C=O) groups excluding carboxylic acids is 1. The van der Waals surface area contributed by atoms with Crippen molar-refractivity contribution in [1.29, 1.82) is 0 Å². The summed E-state index contributed by atoms with van der Waals surface area (Å²) in [5.74, 6) is -0.164. The fourth-order valence-corrected chi connectivity index (χ4v) is 3.64.